The van der Waals surface area contributed by atoms with Crippen molar-refractivity contribution in [1.82, 2.24) is 5.32 Å². The summed E-state index contributed by atoms with van der Waals surface area (Å²) in [7, 11) is -2.60. The Bertz CT molecular complexity index is 934. The molecule has 0 radical (unpaired) electrons. The zero-order chi connectivity index (χ0) is 18.7. The van der Waals surface area contributed by atoms with Crippen LogP contribution in [-0.4, -0.2) is 33.4 Å². The van der Waals surface area contributed by atoms with Crippen LogP contribution in [0.15, 0.2) is 53.4 Å². The highest BCUT2D eigenvalue weighted by molar-refractivity contribution is 7.92. The lowest BCUT2D eigenvalue weighted by Gasteiger charge is -2.10. The number of methoxy groups -OCH3 is 1. The average Bonchev–Trinajstić information content (AvgIpc) is 3.45. The minimum absolute atomic E-state index is 0.00186. The van der Waals surface area contributed by atoms with Gasteiger partial charge in [-0.05, 0) is 55.3 Å². The van der Waals surface area contributed by atoms with Gasteiger partial charge in [0, 0.05) is 17.3 Å². The lowest BCUT2D eigenvalue weighted by atomic mass is 10.2. The molecule has 0 aliphatic heterocycles. The van der Waals surface area contributed by atoms with Crippen molar-refractivity contribution in [2.24, 2.45) is 0 Å². The van der Waals surface area contributed by atoms with Crippen LogP contribution in [0.2, 0.25) is 0 Å². The summed E-state index contributed by atoms with van der Waals surface area (Å²) >= 11 is 0. The number of sulfonamides is 1. The quantitative estimate of drug-likeness (QED) is 0.755. The fourth-order valence-electron chi connectivity index (χ4n) is 2.32. The van der Waals surface area contributed by atoms with Gasteiger partial charge in [0.05, 0.1) is 17.6 Å². The first-order valence-corrected chi connectivity index (χ1v) is 9.49. The Morgan fingerprint density at radius 3 is 2.35 bits per heavy atom. The van der Waals surface area contributed by atoms with E-state index in [9.17, 15) is 18.0 Å². The Hall–Kier alpha value is -2.87. The van der Waals surface area contributed by atoms with E-state index in [0.717, 1.165) is 12.8 Å². The minimum Gasteiger partial charge on any atom is -0.465 e. The molecule has 0 heterocycles. The van der Waals surface area contributed by atoms with E-state index in [2.05, 4.69) is 14.8 Å². The second-order valence-corrected chi connectivity index (χ2v) is 7.63. The van der Waals surface area contributed by atoms with Crippen molar-refractivity contribution in [3.8, 4) is 0 Å². The number of benzene rings is 2. The molecular formula is C18H18N2O5S. The first kappa shape index (κ1) is 17.9. The van der Waals surface area contributed by atoms with Gasteiger partial charge in [-0.25, -0.2) is 13.2 Å². The van der Waals surface area contributed by atoms with Crippen LogP contribution >= 0.6 is 0 Å². The molecule has 0 unspecified atom stereocenters. The van der Waals surface area contributed by atoms with Crippen LogP contribution in [0.5, 0.6) is 0 Å². The van der Waals surface area contributed by atoms with Gasteiger partial charge in [-0.2, -0.15) is 0 Å². The fraction of sp³-hybridized carbons (Fsp3) is 0.222. The lowest BCUT2D eigenvalue weighted by molar-refractivity contribution is 0.0600. The van der Waals surface area contributed by atoms with Gasteiger partial charge in [0.1, 0.15) is 0 Å². The molecule has 0 saturated heterocycles. The van der Waals surface area contributed by atoms with E-state index >= 15 is 0 Å². The van der Waals surface area contributed by atoms with E-state index in [0.29, 0.717) is 5.56 Å². The smallest absolute Gasteiger partial charge is 0.337 e. The number of hydrogen-bond acceptors (Lipinski definition) is 5. The minimum atomic E-state index is -3.85. The topological polar surface area (TPSA) is 102 Å². The van der Waals surface area contributed by atoms with Gasteiger partial charge in [0.2, 0.25) is 0 Å². The van der Waals surface area contributed by atoms with Crippen LogP contribution < -0.4 is 10.0 Å². The van der Waals surface area contributed by atoms with Crippen molar-refractivity contribution >= 4 is 27.6 Å². The molecule has 0 aromatic heterocycles. The number of anilines is 1. The summed E-state index contributed by atoms with van der Waals surface area (Å²) in [6.45, 7) is 0. The van der Waals surface area contributed by atoms with Crippen molar-refractivity contribution in [2.75, 3.05) is 11.8 Å². The maximum absolute atomic E-state index is 12.5. The highest BCUT2D eigenvalue weighted by Crippen LogP contribution is 2.21. The Morgan fingerprint density at radius 2 is 1.73 bits per heavy atom. The van der Waals surface area contributed by atoms with Crippen molar-refractivity contribution < 1.29 is 22.7 Å². The van der Waals surface area contributed by atoms with Gasteiger partial charge in [0.25, 0.3) is 15.9 Å². The number of ether oxygens (including phenoxy) is 1. The number of hydrogen-bond donors (Lipinski definition) is 2. The Morgan fingerprint density at radius 1 is 1.04 bits per heavy atom. The maximum Gasteiger partial charge on any atom is 0.337 e. The molecule has 1 aliphatic carbocycles. The lowest BCUT2D eigenvalue weighted by Crippen LogP contribution is -2.25. The van der Waals surface area contributed by atoms with Crippen LogP contribution in [0.3, 0.4) is 0 Å². The number of rotatable bonds is 6. The first-order chi connectivity index (χ1) is 12.4. The summed E-state index contributed by atoms with van der Waals surface area (Å²) in [5, 5.41) is 2.85. The zero-order valence-electron chi connectivity index (χ0n) is 14.1. The first-order valence-electron chi connectivity index (χ1n) is 8.01. The second kappa shape index (κ2) is 7.17. The second-order valence-electron chi connectivity index (χ2n) is 5.95. The summed E-state index contributed by atoms with van der Waals surface area (Å²) in [5.74, 6) is -0.771. The van der Waals surface area contributed by atoms with Crippen LogP contribution in [0.1, 0.15) is 33.6 Å². The molecule has 136 valence electrons. The molecule has 2 N–H and O–H groups in total. The third-order valence-electron chi connectivity index (χ3n) is 3.88. The van der Waals surface area contributed by atoms with E-state index in [-0.39, 0.29) is 28.1 Å². The third kappa shape index (κ3) is 4.20. The number of amides is 1. The molecule has 1 saturated carbocycles. The molecule has 1 amide bonds. The van der Waals surface area contributed by atoms with Gasteiger partial charge in [-0.1, -0.05) is 6.07 Å². The van der Waals surface area contributed by atoms with Gasteiger partial charge in [-0.3, -0.25) is 9.52 Å². The monoisotopic (exact) mass is 374 g/mol. The predicted octanol–water partition coefficient (Wildman–Crippen LogP) is 2.17. The van der Waals surface area contributed by atoms with Gasteiger partial charge < -0.3 is 10.1 Å². The van der Waals surface area contributed by atoms with E-state index in [1.807, 2.05) is 0 Å². The largest absolute Gasteiger partial charge is 0.465 e. The summed E-state index contributed by atoms with van der Waals surface area (Å²) in [4.78, 5) is 23.5. The highest BCUT2D eigenvalue weighted by Gasteiger charge is 2.24. The summed E-state index contributed by atoms with van der Waals surface area (Å²) in [6, 6.07) is 11.9. The van der Waals surface area contributed by atoms with Crippen molar-refractivity contribution in [2.45, 2.75) is 23.8 Å². The zero-order valence-corrected chi connectivity index (χ0v) is 14.9. The molecule has 1 fully saturated rings. The van der Waals surface area contributed by atoms with Crippen molar-refractivity contribution in [1.29, 1.82) is 0 Å². The van der Waals surface area contributed by atoms with Gasteiger partial charge in [0.15, 0.2) is 0 Å². The van der Waals surface area contributed by atoms with E-state index in [1.54, 1.807) is 18.2 Å². The van der Waals surface area contributed by atoms with Crippen molar-refractivity contribution in [3.05, 3.63) is 59.7 Å². The summed E-state index contributed by atoms with van der Waals surface area (Å²) in [5.41, 5.74) is 0.925. The molecule has 2 aromatic carbocycles. The molecular weight excluding hydrogens is 356 g/mol. The molecule has 3 rings (SSSR count). The molecule has 7 nitrogen and oxygen atoms in total. The third-order valence-corrected chi connectivity index (χ3v) is 5.27. The molecule has 0 spiro atoms. The number of esters is 1. The molecule has 1 aliphatic rings. The van der Waals surface area contributed by atoms with Crippen LogP contribution in [0.25, 0.3) is 0 Å². The maximum atomic E-state index is 12.5. The normalized spacial score (nSPS) is 13.7. The summed E-state index contributed by atoms with van der Waals surface area (Å²) < 4.78 is 32.0. The molecule has 8 heteroatoms. The molecule has 0 atom stereocenters. The molecule has 26 heavy (non-hydrogen) atoms. The Kier molecular flexibility index (Phi) is 4.94. The Balaban J connectivity index is 1.76. The van der Waals surface area contributed by atoms with E-state index in [4.69, 9.17) is 0 Å². The average molecular weight is 374 g/mol. The molecule has 0 bridgehead atoms. The standard InChI is InChI=1S/C18H18N2O5S/c1-25-18(22)12-5-9-16(10-6-12)26(23,24)20-15-4-2-3-13(11-15)17(21)19-14-7-8-14/h2-6,9-11,14,20H,7-8H2,1H3,(H,19,21). The van der Waals surface area contributed by atoms with E-state index in [1.165, 1.54) is 37.4 Å². The van der Waals surface area contributed by atoms with Crippen LogP contribution in [0, 0.1) is 0 Å². The number of nitrogens with one attached hydrogen (secondary N) is 2. The molecule has 2 aromatic rings. The number of carbonyl (C=O) groups is 2. The van der Waals surface area contributed by atoms with Gasteiger partial charge in [-0.15, -0.1) is 0 Å². The Labute approximate surface area is 151 Å². The fourth-order valence-corrected chi connectivity index (χ4v) is 3.37. The predicted molar refractivity (Wildman–Crippen MR) is 95.5 cm³/mol. The number of carbonyl (C=O) groups excluding carboxylic acids is 2. The van der Waals surface area contributed by atoms with Crippen molar-refractivity contribution in [3.63, 3.8) is 0 Å². The van der Waals surface area contributed by atoms with Crippen LogP contribution in [-0.2, 0) is 14.8 Å². The SMILES string of the molecule is COC(=O)c1ccc(S(=O)(=O)Nc2cccc(C(=O)NC3CC3)c2)cc1. The summed E-state index contributed by atoms with van der Waals surface area (Å²) in [6.07, 6.45) is 1.94. The van der Waals surface area contributed by atoms with E-state index < -0.39 is 16.0 Å². The van der Waals surface area contributed by atoms with Crippen LogP contribution in [0.4, 0.5) is 5.69 Å². The van der Waals surface area contributed by atoms with Gasteiger partial charge >= 0.3 is 5.97 Å². The highest BCUT2D eigenvalue weighted by atomic mass is 32.2.